The number of alkyl halides is 5. The van der Waals surface area contributed by atoms with Crippen LogP contribution in [0.4, 0.5) is 22.0 Å². The lowest BCUT2D eigenvalue weighted by atomic mass is 9.99. The molecular weight excluding hydrogens is 291 g/mol. The summed E-state index contributed by atoms with van der Waals surface area (Å²) in [6.07, 6.45) is -8.73. The zero-order chi connectivity index (χ0) is 15.7. The topological polar surface area (TPSA) is 20.2 Å². The summed E-state index contributed by atoms with van der Waals surface area (Å²) in [5.41, 5.74) is 0.958. The van der Waals surface area contributed by atoms with Gasteiger partial charge in [0.2, 0.25) is 0 Å². The van der Waals surface area contributed by atoms with E-state index in [4.69, 9.17) is 0 Å². The Hall–Kier alpha value is -1.95. The molecule has 0 aliphatic carbocycles. The van der Waals surface area contributed by atoms with Crippen LogP contribution in [0.1, 0.15) is 11.7 Å². The van der Waals surface area contributed by atoms with Gasteiger partial charge in [-0.25, -0.2) is 0 Å². The van der Waals surface area contributed by atoms with Gasteiger partial charge < -0.3 is 5.11 Å². The van der Waals surface area contributed by atoms with Crippen molar-refractivity contribution in [3.63, 3.8) is 0 Å². The van der Waals surface area contributed by atoms with Gasteiger partial charge in [0.15, 0.2) is 6.10 Å². The summed E-state index contributed by atoms with van der Waals surface area (Å²) in [5.74, 6) is -5.19. The van der Waals surface area contributed by atoms with Gasteiger partial charge in [-0.05, 0) is 16.7 Å². The third-order valence-electron chi connectivity index (χ3n) is 3.05. The smallest absolute Gasteiger partial charge is 0.382 e. The fraction of sp³-hybridized carbons (Fsp3) is 0.200. The second-order valence-electron chi connectivity index (χ2n) is 4.51. The summed E-state index contributed by atoms with van der Waals surface area (Å²) < 4.78 is 62.7. The molecule has 0 aliphatic rings. The van der Waals surface area contributed by atoms with Gasteiger partial charge in [-0.1, -0.05) is 54.6 Å². The van der Waals surface area contributed by atoms with Crippen LogP contribution in [-0.2, 0) is 0 Å². The predicted molar refractivity (Wildman–Crippen MR) is 67.8 cm³/mol. The van der Waals surface area contributed by atoms with Gasteiger partial charge in [-0.15, -0.1) is 0 Å². The van der Waals surface area contributed by atoms with Gasteiger partial charge in [0, 0.05) is 0 Å². The van der Waals surface area contributed by atoms with Crippen molar-refractivity contribution in [3.8, 4) is 11.1 Å². The van der Waals surface area contributed by atoms with Crippen molar-refractivity contribution >= 4 is 0 Å². The van der Waals surface area contributed by atoms with Crippen LogP contribution in [0.5, 0.6) is 0 Å². The van der Waals surface area contributed by atoms with Crippen LogP contribution in [0, 0.1) is 0 Å². The van der Waals surface area contributed by atoms with Crippen LogP contribution < -0.4 is 0 Å². The van der Waals surface area contributed by atoms with E-state index in [1.54, 1.807) is 30.3 Å². The van der Waals surface area contributed by atoms with Gasteiger partial charge >= 0.3 is 12.1 Å². The molecule has 21 heavy (non-hydrogen) atoms. The lowest BCUT2D eigenvalue weighted by molar-refractivity contribution is -0.315. The Morgan fingerprint density at radius 2 is 1.19 bits per heavy atom. The van der Waals surface area contributed by atoms with Crippen LogP contribution >= 0.6 is 0 Å². The van der Waals surface area contributed by atoms with Crippen molar-refractivity contribution in [2.75, 3.05) is 0 Å². The van der Waals surface area contributed by atoms with Crippen LogP contribution in [0.15, 0.2) is 54.6 Å². The molecule has 0 fully saturated rings. The van der Waals surface area contributed by atoms with Crippen LogP contribution in [0.2, 0.25) is 0 Å². The number of hydrogen-bond donors (Lipinski definition) is 1. The van der Waals surface area contributed by atoms with Gasteiger partial charge in [-0.3, -0.25) is 0 Å². The van der Waals surface area contributed by atoms with E-state index in [1.807, 2.05) is 0 Å². The highest BCUT2D eigenvalue weighted by Crippen LogP contribution is 2.44. The van der Waals surface area contributed by atoms with Crippen molar-refractivity contribution in [2.24, 2.45) is 0 Å². The highest BCUT2D eigenvalue weighted by Gasteiger charge is 2.62. The summed E-state index contributed by atoms with van der Waals surface area (Å²) in [7, 11) is 0. The Morgan fingerprint density at radius 3 is 1.67 bits per heavy atom. The number of benzene rings is 2. The first-order chi connectivity index (χ1) is 9.73. The summed E-state index contributed by atoms with van der Waals surface area (Å²) in [4.78, 5) is 0. The molecule has 0 heterocycles. The molecule has 0 bridgehead atoms. The Bertz CT molecular complexity index is 590. The van der Waals surface area contributed by atoms with Crippen molar-refractivity contribution in [2.45, 2.75) is 18.2 Å². The lowest BCUT2D eigenvalue weighted by Crippen LogP contribution is -2.42. The Balaban J connectivity index is 2.27. The van der Waals surface area contributed by atoms with Crippen molar-refractivity contribution in [3.05, 3.63) is 60.2 Å². The quantitative estimate of drug-likeness (QED) is 0.823. The standard InChI is InChI=1S/C15H11F5O/c16-14(17,15(18,19)20)13(21)12-8-6-11(7-9-12)10-4-2-1-3-5-10/h1-9,13,21H. The average Bonchev–Trinajstić information content (AvgIpc) is 2.46. The molecule has 1 N–H and O–H groups in total. The molecule has 1 nitrogen and oxygen atoms in total. The number of aliphatic hydroxyl groups is 1. The van der Waals surface area contributed by atoms with E-state index in [0.717, 1.165) is 17.7 Å². The molecule has 2 aromatic rings. The number of rotatable bonds is 3. The second kappa shape index (κ2) is 5.44. The van der Waals surface area contributed by atoms with E-state index in [1.165, 1.54) is 12.1 Å². The van der Waals surface area contributed by atoms with E-state index in [2.05, 4.69) is 0 Å². The average molecular weight is 302 g/mol. The maximum absolute atomic E-state index is 13.1. The summed E-state index contributed by atoms with van der Waals surface area (Å²) in [5, 5.41) is 9.28. The van der Waals surface area contributed by atoms with Crippen molar-refractivity contribution < 1.29 is 27.1 Å². The highest BCUT2D eigenvalue weighted by molar-refractivity contribution is 5.63. The minimum absolute atomic E-state index is 0.489. The van der Waals surface area contributed by atoms with Crippen LogP contribution in [0.3, 0.4) is 0 Å². The summed E-state index contributed by atoms with van der Waals surface area (Å²) in [6, 6.07) is 13.8. The Labute approximate surface area is 117 Å². The molecule has 0 spiro atoms. The minimum atomic E-state index is -5.80. The monoisotopic (exact) mass is 302 g/mol. The van der Waals surface area contributed by atoms with Gasteiger partial charge in [-0.2, -0.15) is 22.0 Å². The first-order valence-corrected chi connectivity index (χ1v) is 6.01. The number of hydrogen-bond acceptors (Lipinski definition) is 1. The predicted octanol–water partition coefficient (Wildman–Crippen LogP) is 4.58. The first kappa shape index (κ1) is 15.4. The molecule has 112 valence electrons. The van der Waals surface area contributed by atoms with E-state index in [9.17, 15) is 27.1 Å². The molecule has 0 amide bonds. The molecule has 0 aliphatic heterocycles. The van der Waals surface area contributed by atoms with E-state index in [-0.39, 0.29) is 0 Å². The molecule has 2 rings (SSSR count). The molecular formula is C15H11F5O. The largest absolute Gasteiger partial charge is 0.456 e. The van der Waals surface area contributed by atoms with Gasteiger partial charge in [0.05, 0.1) is 0 Å². The van der Waals surface area contributed by atoms with Crippen LogP contribution in [-0.4, -0.2) is 17.2 Å². The maximum Gasteiger partial charge on any atom is 0.456 e. The van der Waals surface area contributed by atoms with Gasteiger partial charge in [0.1, 0.15) is 0 Å². The minimum Gasteiger partial charge on any atom is -0.382 e. The molecule has 0 saturated carbocycles. The summed E-state index contributed by atoms with van der Waals surface area (Å²) in [6.45, 7) is 0. The molecule has 0 radical (unpaired) electrons. The third kappa shape index (κ3) is 3.05. The highest BCUT2D eigenvalue weighted by atomic mass is 19.4. The van der Waals surface area contributed by atoms with E-state index < -0.39 is 23.8 Å². The number of halogens is 5. The fourth-order valence-electron chi connectivity index (χ4n) is 1.85. The van der Waals surface area contributed by atoms with E-state index >= 15 is 0 Å². The molecule has 6 heteroatoms. The van der Waals surface area contributed by atoms with Gasteiger partial charge in [0.25, 0.3) is 0 Å². The first-order valence-electron chi connectivity index (χ1n) is 6.01. The van der Waals surface area contributed by atoms with Crippen molar-refractivity contribution in [1.82, 2.24) is 0 Å². The normalized spacial score (nSPS) is 14.0. The Morgan fingerprint density at radius 1 is 0.714 bits per heavy atom. The SMILES string of the molecule is OC(c1ccc(-c2ccccc2)cc1)C(F)(F)C(F)(F)F. The third-order valence-corrected chi connectivity index (χ3v) is 3.05. The van der Waals surface area contributed by atoms with E-state index in [0.29, 0.717) is 5.56 Å². The molecule has 1 unspecified atom stereocenters. The zero-order valence-corrected chi connectivity index (χ0v) is 10.6. The second-order valence-corrected chi connectivity index (χ2v) is 4.51. The fourth-order valence-corrected chi connectivity index (χ4v) is 1.85. The van der Waals surface area contributed by atoms with Crippen LogP contribution in [0.25, 0.3) is 11.1 Å². The Kier molecular flexibility index (Phi) is 4.00. The molecule has 0 aromatic heterocycles. The van der Waals surface area contributed by atoms with Crippen molar-refractivity contribution in [1.29, 1.82) is 0 Å². The lowest BCUT2D eigenvalue weighted by Gasteiger charge is -2.25. The maximum atomic E-state index is 13.1. The molecule has 0 saturated heterocycles. The number of aliphatic hydroxyl groups excluding tert-OH is 1. The molecule has 1 atom stereocenters. The summed E-state index contributed by atoms with van der Waals surface area (Å²) >= 11 is 0. The zero-order valence-electron chi connectivity index (χ0n) is 10.6. The molecule has 2 aromatic carbocycles.